The highest BCUT2D eigenvalue weighted by Gasteiger charge is 2.10. The Hall–Kier alpha value is -2.09. The summed E-state index contributed by atoms with van der Waals surface area (Å²) < 4.78 is 2.10. The zero-order valence-electron chi connectivity index (χ0n) is 10.2. The lowest BCUT2D eigenvalue weighted by molar-refractivity contribution is -0.590. The molecule has 1 aromatic carbocycles. The van der Waals surface area contributed by atoms with Gasteiger partial charge >= 0.3 is 0 Å². The second-order valence-electron chi connectivity index (χ2n) is 4.09. The van der Waals surface area contributed by atoms with E-state index in [2.05, 4.69) is 66.3 Å². The van der Waals surface area contributed by atoms with E-state index in [1.54, 1.807) is 0 Å². The van der Waals surface area contributed by atoms with Crippen LogP contribution in [0.15, 0.2) is 60.9 Å². The second-order valence-corrected chi connectivity index (χ2v) is 4.09. The molecule has 2 heteroatoms. The molecule has 0 radical (unpaired) electrons. The van der Waals surface area contributed by atoms with Gasteiger partial charge < -0.3 is 0 Å². The van der Waals surface area contributed by atoms with Crippen LogP contribution in [0.5, 0.6) is 0 Å². The van der Waals surface area contributed by atoms with Gasteiger partial charge in [0.25, 0.3) is 5.82 Å². The normalized spacial score (nSPS) is 11.3. The van der Waals surface area contributed by atoms with E-state index in [9.17, 15) is 0 Å². The van der Waals surface area contributed by atoms with Crippen molar-refractivity contribution in [3.05, 3.63) is 66.5 Å². The Labute approximate surface area is 102 Å². The molecular formula is C15H17N2+. The van der Waals surface area contributed by atoms with E-state index < -0.39 is 0 Å². The Morgan fingerprint density at radius 1 is 0.941 bits per heavy atom. The summed E-state index contributed by atoms with van der Waals surface area (Å²) in [4.78, 5) is 2.10. The van der Waals surface area contributed by atoms with Crippen LogP contribution < -0.4 is 4.57 Å². The number of pyridine rings is 1. The van der Waals surface area contributed by atoms with Crippen molar-refractivity contribution in [2.24, 2.45) is 0 Å². The number of hydrogen-bond donors (Lipinski definition) is 0. The van der Waals surface area contributed by atoms with Crippen molar-refractivity contribution in [3.63, 3.8) is 0 Å². The summed E-state index contributed by atoms with van der Waals surface area (Å²) in [5.41, 5.74) is 1.20. The predicted molar refractivity (Wildman–Crippen MR) is 70.9 cm³/mol. The summed E-state index contributed by atoms with van der Waals surface area (Å²) in [5, 5.41) is 0. The number of nitrogens with zero attached hydrogens (tertiary/aromatic N) is 2. The Balaban J connectivity index is 2.40. The van der Waals surface area contributed by atoms with Crippen molar-refractivity contribution in [2.75, 3.05) is 14.1 Å². The van der Waals surface area contributed by atoms with Crippen molar-refractivity contribution in [1.29, 1.82) is 0 Å². The van der Waals surface area contributed by atoms with Gasteiger partial charge in [-0.2, -0.15) is 0 Å². The van der Waals surface area contributed by atoms with E-state index in [0.717, 1.165) is 5.82 Å². The molecule has 0 aliphatic rings. The molecule has 0 spiro atoms. The average Bonchev–Trinajstić information content (AvgIpc) is 2.38. The summed E-state index contributed by atoms with van der Waals surface area (Å²) in [7, 11) is 4.10. The number of rotatable bonds is 3. The molecule has 2 aromatic rings. The van der Waals surface area contributed by atoms with Gasteiger partial charge in [-0.25, -0.2) is 4.57 Å². The molecule has 0 atom stereocenters. The van der Waals surface area contributed by atoms with Gasteiger partial charge in [-0.3, -0.25) is 4.90 Å². The van der Waals surface area contributed by atoms with Crippen LogP contribution in [0.2, 0.25) is 0 Å². The monoisotopic (exact) mass is 225 g/mol. The van der Waals surface area contributed by atoms with E-state index in [-0.39, 0.29) is 0 Å². The molecule has 0 saturated heterocycles. The zero-order chi connectivity index (χ0) is 12.1. The summed E-state index contributed by atoms with van der Waals surface area (Å²) in [5.74, 6) is 1.14. The van der Waals surface area contributed by atoms with Crippen molar-refractivity contribution >= 4 is 11.9 Å². The Morgan fingerprint density at radius 3 is 2.12 bits per heavy atom. The number of aromatic nitrogens is 1. The van der Waals surface area contributed by atoms with Crippen LogP contribution in [-0.2, 0) is 0 Å². The zero-order valence-corrected chi connectivity index (χ0v) is 10.2. The lowest BCUT2D eigenvalue weighted by atomic mass is 10.2. The summed E-state index contributed by atoms with van der Waals surface area (Å²) in [6, 6.07) is 16.4. The van der Waals surface area contributed by atoms with Crippen LogP contribution in [0.3, 0.4) is 0 Å². The lowest BCUT2D eigenvalue weighted by Gasteiger charge is -2.10. The minimum atomic E-state index is 1.14. The third-order valence-electron chi connectivity index (χ3n) is 2.53. The van der Waals surface area contributed by atoms with Crippen LogP contribution >= 0.6 is 0 Å². The summed E-state index contributed by atoms with van der Waals surface area (Å²) in [6.07, 6.45) is 6.27. The minimum Gasteiger partial charge on any atom is -0.267 e. The van der Waals surface area contributed by atoms with Gasteiger partial charge in [-0.05, 0) is 17.7 Å². The molecule has 1 heterocycles. The quantitative estimate of drug-likeness (QED) is 0.728. The molecule has 0 aliphatic heterocycles. The standard InChI is InChI=1S/C15H17N2/c1-16(2)15(17-11-7-4-8-12-17)13-14-9-5-3-6-10-14/h3-13H,1-2H3/q+1. The molecule has 2 rings (SSSR count). The van der Waals surface area contributed by atoms with Crippen molar-refractivity contribution in [1.82, 2.24) is 4.90 Å². The fourth-order valence-electron chi connectivity index (χ4n) is 1.68. The Kier molecular flexibility index (Phi) is 3.55. The van der Waals surface area contributed by atoms with E-state index in [1.807, 2.05) is 24.3 Å². The molecule has 0 unspecified atom stereocenters. The van der Waals surface area contributed by atoms with E-state index >= 15 is 0 Å². The number of hydrogen-bond acceptors (Lipinski definition) is 1. The van der Waals surface area contributed by atoms with Gasteiger partial charge in [0.1, 0.15) is 0 Å². The van der Waals surface area contributed by atoms with E-state index in [0.29, 0.717) is 0 Å². The maximum absolute atomic E-state index is 2.17. The summed E-state index contributed by atoms with van der Waals surface area (Å²) >= 11 is 0. The molecule has 2 nitrogen and oxygen atoms in total. The smallest absolute Gasteiger partial charge is 0.267 e. The highest BCUT2D eigenvalue weighted by molar-refractivity contribution is 5.64. The Bertz CT molecular complexity index is 487. The van der Waals surface area contributed by atoms with Gasteiger partial charge in [0.05, 0.1) is 26.5 Å². The van der Waals surface area contributed by atoms with Gasteiger partial charge in [-0.1, -0.05) is 36.4 Å². The fraction of sp³-hybridized carbons (Fsp3) is 0.133. The highest BCUT2D eigenvalue weighted by Crippen LogP contribution is 2.07. The van der Waals surface area contributed by atoms with Gasteiger partial charge in [0.2, 0.25) is 0 Å². The van der Waals surface area contributed by atoms with Crippen LogP contribution in [0, 0.1) is 0 Å². The van der Waals surface area contributed by atoms with Crippen molar-refractivity contribution in [3.8, 4) is 0 Å². The molecule has 0 N–H and O–H groups in total. The highest BCUT2D eigenvalue weighted by atomic mass is 15.2. The maximum Gasteiger partial charge on any atom is 0.281 e. The van der Waals surface area contributed by atoms with Crippen LogP contribution in [-0.4, -0.2) is 19.0 Å². The Morgan fingerprint density at radius 2 is 1.53 bits per heavy atom. The van der Waals surface area contributed by atoms with Crippen molar-refractivity contribution in [2.45, 2.75) is 0 Å². The SMILES string of the molecule is CN(C)C(=Cc1ccccc1)[n+]1ccccc1. The third-order valence-corrected chi connectivity index (χ3v) is 2.53. The maximum atomic E-state index is 2.17. The van der Waals surface area contributed by atoms with E-state index in [1.165, 1.54) is 5.56 Å². The van der Waals surface area contributed by atoms with E-state index in [4.69, 9.17) is 0 Å². The minimum absolute atomic E-state index is 1.14. The third kappa shape index (κ3) is 2.94. The fourth-order valence-corrected chi connectivity index (χ4v) is 1.68. The number of benzene rings is 1. The van der Waals surface area contributed by atoms with Gasteiger partial charge in [0.15, 0.2) is 0 Å². The van der Waals surface area contributed by atoms with Gasteiger partial charge in [-0.15, -0.1) is 0 Å². The molecule has 17 heavy (non-hydrogen) atoms. The van der Waals surface area contributed by atoms with Crippen LogP contribution in [0.1, 0.15) is 5.56 Å². The van der Waals surface area contributed by atoms with Crippen molar-refractivity contribution < 1.29 is 4.57 Å². The van der Waals surface area contributed by atoms with Gasteiger partial charge in [0, 0.05) is 6.08 Å². The molecule has 0 saturated carbocycles. The largest absolute Gasteiger partial charge is 0.281 e. The topological polar surface area (TPSA) is 7.12 Å². The second kappa shape index (κ2) is 5.30. The average molecular weight is 225 g/mol. The first kappa shape index (κ1) is 11.4. The predicted octanol–water partition coefficient (Wildman–Crippen LogP) is 2.49. The first-order valence-electron chi connectivity index (χ1n) is 5.68. The molecule has 0 aliphatic carbocycles. The molecule has 0 amide bonds. The molecule has 86 valence electrons. The molecule has 0 bridgehead atoms. The first-order valence-corrected chi connectivity index (χ1v) is 5.68. The molecule has 0 fully saturated rings. The van der Waals surface area contributed by atoms with Crippen LogP contribution in [0.4, 0.5) is 0 Å². The molecule has 1 aromatic heterocycles. The first-order chi connectivity index (χ1) is 8.27. The lowest BCUT2D eigenvalue weighted by Crippen LogP contribution is -2.38. The van der Waals surface area contributed by atoms with Crippen LogP contribution in [0.25, 0.3) is 11.9 Å². The summed E-state index contributed by atoms with van der Waals surface area (Å²) in [6.45, 7) is 0. The molecular weight excluding hydrogens is 208 g/mol.